The lowest BCUT2D eigenvalue weighted by Crippen LogP contribution is -2.08. The molecule has 3 nitrogen and oxygen atoms in total. The first-order valence-corrected chi connectivity index (χ1v) is 5.99. The highest BCUT2D eigenvalue weighted by atomic mass is 19.1. The fourth-order valence-electron chi connectivity index (χ4n) is 1.92. The molecular formula is C15H14FNO2. The van der Waals surface area contributed by atoms with Crippen molar-refractivity contribution in [1.29, 1.82) is 0 Å². The molecule has 0 saturated heterocycles. The van der Waals surface area contributed by atoms with Crippen LogP contribution in [0.25, 0.3) is 0 Å². The van der Waals surface area contributed by atoms with Gasteiger partial charge in [0.1, 0.15) is 0 Å². The summed E-state index contributed by atoms with van der Waals surface area (Å²) < 4.78 is 19.0. The maximum Gasteiger partial charge on any atom is 0.196 e. The second kappa shape index (κ2) is 5.61. The number of ether oxygens (including phenoxy) is 1. The van der Waals surface area contributed by atoms with Gasteiger partial charge in [0.15, 0.2) is 17.3 Å². The Morgan fingerprint density at radius 2 is 2.11 bits per heavy atom. The van der Waals surface area contributed by atoms with Crippen molar-refractivity contribution in [3.63, 3.8) is 0 Å². The topological polar surface area (TPSA) is 39.2 Å². The number of rotatable bonds is 4. The first kappa shape index (κ1) is 13.2. The molecule has 2 aromatic rings. The maximum absolute atomic E-state index is 14.1. The molecule has 1 aromatic carbocycles. The summed E-state index contributed by atoms with van der Waals surface area (Å²) in [5, 5.41) is 0. The van der Waals surface area contributed by atoms with E-state index in [9.17, 15) is 9.18 Å². The summed E-state index contributed by atoms with van der Waals surface area (Å²) in [5.41, 5.74) is 1.29. The lowest BCUT2D eigenvalue weighted by Gasteiger charge is -2.09. The fourth-order valence-corrected chi connectivity index (χ4v) is 1.92. The van der Waals surface area contributed by atoms with Gasteiger partial charge in [-0.25, -0.2) is 4.39 Å². The second-order valence-corrected chi connectivity index (χ2v) is 4.04. The minimum atomic E-state index is -0.631. The lowest BCUT2D eigenvalue weighted by molar-refractivity contribution is 0.103. The number of benzene rings is 1. The van der Waals surface area contributed by atoms with Gasteiger partial charge in [0.05, 0.1) is 12.7 Å². The number of ketones is 1. The van der Waals surface area contributed by atoms with Crippen molar-refractivity contribution >= 4 is 5.78 Å². The molecule has 4 heteroatoms. The number of aryl methyl sites for hydroxylation is 1. The number of hydrogen-bond acceptors (Lipinski definition) is 3. The maximum atomic E-state index is 14.1. The van der Waals surface area contributed by atoms with E-state index in [1.165, 1.54) is 25.4 Å². The molecule has 0 atom stereocenters. The first-order valence-electron chi connectivity index (χ1n) is 5.99. The number of hydrogen-bond donors (Lipinski definition) is 0. The van der Waals surface area contributed by atoms with Crippen LogP contribution in [-0.2, 0) is 6.42 Å². The van der Waals surface area contributed by atoms with E-state index in [0.29, 0.717) is 12.0 Å². The number of pyridine rings is 1. The molecule has 2 rings (SSSR count). The zero-order chi connectivity index (χ0) is 13.8. The normalized spacial score (nSPS) is 10.3. The number of halogens is 1. The zero-order valence-electron chi connectivity index (χ0n) is 10.8. The van der Waals surface area contributed by atoms with E-state index in [1.807, 2.05) is 6.92 Å². The Morgan fingerprint density at radius 3 is 2.79 bits per heavy atom. The van der Waals surface area contributed by atoms with Crippen LogP contribution >= 0.6 is 0 Å². The number of carbonyl (C=O) groups excluding carboxylic acids is 1. The molecule has 1 heterocycles. The highest BCUT2D eigenvalue weighted by molar-refractivity contribution is 6.10. The highest BCUT2D eigenvalue weighted by Crippen LogP contribution is 2.23. The zero-order valence-corrected chi connectivity index (χ0v) is 10.8. The summed E-state index contributed by atoms with van der Waals surface area (Å²) in [6.07, 6.45) is 3.83. The van der Waals surface area contributed by atoms with Crippen LogP contribution in [0.5, 0.6) is 5.75 Å². The SMILES string of the molecule is CCc1cnccc1C(=O)c1cccc(OC)c1F. The smallest absolute Gasteiger partial charge is 0.196 e. The third-order valence-electron chi connectivity index (χ3n) is 2.96. The van der Waals surface area contributed by atoms with Crippen molar-refractivity contribution in [2.75, 3.05) is 7.11 Å². The lowest BCUT2D eigenvalue weighted by atomic mass is 9.98. The van der Waals surface area contributed by atoms with Crippen molar-refractivity contribution in [3.8, 4) is 5.75 Å². The summed E-state index contributed by atoms with van der Waals surface area (Å²) in [6.45, 7) is 1.93. The van der Waals surface area contributed by atoms with Gasteiger partial charge in [-0.3, -0.25) is 9.78 Å². The average molecular weight is 259 g/mol. The molecule has 0 fully saturated rings. The summed E-state index contributed by atoms with van der Waals surface area (Å²) in [6, 6.07) is 6.15. The monoisotopic (exact) mass is 259 g/mol. The van der Waals surface area contributed by atoms with Gasteiger partial charge in [-0.05, 0) is 30.2 Å². The Hall–Kier alpha value is -2.23. The first-order chi connectivity index (χ1) is 9.19. The largest absolute Gasteiger partial charge is 0.494 e. The molecule has 0 bridgehead atoms. The molecule has 0 unspecified atom stereocenters. The molecule has 0 N–H and O–H groups in total. The van der Waals surface area contributed by atoms with Crippen LogP contribution < -0.4 is 4.74 Å². The third kappa shape index (κ3) is 2.47. The van der Waals surface area contributed by atoms with Crippen LogP contribution in [0.15, 0.2) is 36.7 Å². The van der Waals surface area contributed by atoms with E-state index in [1.54, 1.807) is 18.3 Å². The molecular weight excluding hydrogens is 245 g/mol. The minimum absolute atomic E-state index is 0.0141. The van der Waals surface area contributed by atoms with Crippen LogP contribution in [0.4, 0.5) is 4.39 Å². The molecule has 0 aliphatic heterocycles. The van der Waals surface area contributed by atoms with E-state index >= 15 is 0 Å². The predicted octanol–water partition coefficient (Wildman–Crippen LogP) is 3.02. The highest BCUT2D eigenvalue weighted by Gasteiger charge is 2.19. The molecule has 0 saturated carbocycles. The quantitative estimate of drug-likeness (QED) is 0.792. The minimum Gasteiger partial charge on any atom is -0.494 e. The Balaban J connectivity index is 2.50. The van der Waals surface area contributed by atoms with E-state index in [-0.39, 0.29) is 17.1 Å². The summed E-state index contributed by atoms with van der Waals surface area (Å²) in [7, 11) is 1.37. The van der Waals surface area contributed by atoms with Crippen LogP contribution in [0.3, 0.4) is 0 Å². The fraction of sp³-hybridized carbons (Fsp3) is 0.200. The average Bonchev–Trinajstić information content (AvgIpc) is 2.46. The Morgan fingerprint density at radius 1 is 1.32 bits per heavy atom. The van der Waals surface area contributed by atoms with Crippen molar-refractivity contribution in [2.45, 2.75) is 13.3 Å². The molecule has 19 heavy (non-hydrogen) atoms. The van der Waals surface area contributed by atoms with Gasteiger partial charge >= 0.3 is 0 Å². The Bertz CT molecular complexity index is 611. The van der Waals surface area contributed by atoms with Gasteiger partial charge in [0.25, 0.3) is 0 Å². The number of nitrogens with zero attached hydrogens (tertiary/aromatic N) is 1. The Labute approximate surface area is 111 Å². The molecule has 0 spiro atoms. The number of methoxy groups -OCH3 is 1. The Kier molecular flexibility index (Phi) is 3.90. The third-order valence-corrected chi connectivity index (χ3v) is 2.96. The van der Waals surface area contributed by atoms with Gasteiger partial charge in [0.2, 0.25) is 0 Å². The summed E-state index contributed by atoms with van der Waals surface area (Å²) in [5.74, 6) is -0.914. The van der Waals surface area contributed by atoms with Gasteiger partial charge < -0.3 is 4.74 Å². The van der Waals surface area contributed by atoms with Crippen LogP contribution in [0.1, 0.15) is 28.4 Å². The number of aromatic nitrogens is 1. The summed E-state index contributed by atoms with van der Waals surface area (Å²) in [4.78, 5) is 16.4. The van der Waals surface area contributed by atoms with Gasteiger partial charge in [-0.1, -0.05) is 13.0 Å². The van der Waals surface area contributed by atoms with Gasteiger partial charge in [0, 0.05) is 18.0 Å². The number of carbonyl (C=O) groups is 1. The van der Waals surface area contributed by atoms with Crippen molar-refractivity contribution in [2.24, 2.45) is 0 Å². The molecule has 0 aliphatic carbocycles. The van der Waals surface area contributed by atoms with Gasteiger partial charge in [-0.2, -0.15) is 0 Å². The molecule has 0 radical (unpaired) electrons. The van der Waals surface area contributed by atoms with Crippen molar-refractivity contribution < 1.29 is 13.9 Å². The second-order valence-electron chi connectivity index (χ2n) is 4.04. The molecule has 0 amide bonds. The van der Waals surface area contributed by atoms with E-state index in [4.69, 9.17) is 4.74 Å². The standard InChI is InChI=1S/C15H14FNO2/c1-3-10-9-17-8-7-11(10)15(18)12-5-4-6-13(19-2)14(12)16/h4-9H,3H2,1-2H3. The van der Waals surface area contributed by atoms with Crippen molar-refractivity contribution in [1.82, 2.24) is 4.98 Å². The molecule has 0 aliphatic rings. The van der Waals surface area contributed by atoms with Crippen molar-refractivity contribution in [3.05, 3.63) is 59.2 Å². The van der Waals surface area contributed by atoms with Crippen LogP contribution in [0.2, 0.25) is 0 Å². The van der Waals surface area contributed by atoms with E-state index < -0.39 is 5.82 Å². The molecule has 98 valence electrons. The predicted molar refractivity (Wildman–Crippen MR) is 70.0 cm³/mol. The molecule has 1 aromatic heterocycles. The van der Waals surface area contributed by atoms with E-state index in [0.717, 1.165) is 5.56 Å². The van der Waals surface area contributed by atoms with E-state index in [2.05, 4.69) is 4.98 Å². The van der Waals surface area contributed by atoms with Crippen LogP contribution in [-0.4, -0.2) is 17.9 Å². The summed E-state index contributed by atoms with van der Waals surface area (Å²) >= 11 is 0. The van der Waals surface area contributed by atoms with Gasteiger partial charge in [-0.15, -0.1) is 0 Å². The van der Waals surface area contributed by atoms with Crippen LogP contribution in [0, 0.1) is 5.82 Å².